The van der Waals surface area contributed by atoms with Gasteiger partial charge in [-0.05, 0) is 0 Å². The molecule has 0 atom stereocenters. The average Bonchev–Trinajstić information content (AvgIpc) is 1.21. The van der Waals surface area contributed by atoms with Crippen LogP contribution < -0.4 is 0 Å². The molecule has 0 rings (SSSR count). The Morgan fingerprint density at radius 2 is 1.70 bits per heavy atom. The average molecular weight is 246 g/mol. The summed E-state index contributed by atoms with van der Waals surface area (Å²) >= 11 is 0. The zero-order chi connectivity index (χ0) is 6.78. The molecule has 5 heteroatoms. The topological polar surface area (TPSA) is 37.3 Å². The molecular weight excluding hydrogens is 234 g/mol. The van der Waals surface area contributed by atoms with Crippen LogP contribution in [0, 0.1) is 0 Å². The number of likely N-dealkylation sites (N-methyl/N-ethyl adjacent to an activating group) is 1. The van der Waals surface area contributed by atoms with Crippen LogP contribution >= 0.6 is 0 Å². The quantitative estimate of drug-likeness (QED) is 0.502. The first-order valence-electron chi connectivity index (χ1n) is 2.44. The molecule has 48 valence electrons. The minimum atomic E-state index is -0.752. The van der Waals surface area contributed by atoms with Crippen molar-refractivity contribution < 1.29 is 14.4 Å². The summed E-state index contributed by atoms with van der Waals surface area (Å²) in [4.78, 5) is 10.00. The molecule has 1 N–H and O–H groups in total. The van der Waals surface area contributed by atoms with Gasteiger partial charge in [-0.15, -0.1) is 0 Å². The Bertz CT molecular complexity index is 102. The molecule has 0 unspecified atom stereocenters. The first-order valence-corrected chi connectivity index (χ1v) is 2.44. The van der Waals surface area contributed by atoms with E-state index in [2.05, 4.69) is 0 Å². The molecule has 10 heavy (non-hydrogen) atoms. The number of aliphatic carboxylic acids is 1. The molecule has 0 fully saturated rings. The van der Waals surface area contributed by atoms with Gasteiger partial charge in [0.2, 0.25) is 0 Å². The maximum Gasteiger partial charge on any atom is 2.00 e. The van der Waals surface area contributed by atoms with Crippen molar-refractivity contribution in [1.29, 1.82) is 0 Å². The second-order valence-electron chi connectivity index (χ2n) is 2.84. The summed E-state index contributed by atoms with van der Waals surface area (Å²) in [5, 5.41) is 8.23. The maximum atomic E-state index is 10.00. The van der Waals surface area contributed by atoms with E-state index in [1.54, 1.807) is 0 Å². The van der Waals surface area contributed by atoms with E-state index in [0.717, 1.165) is 0 Å². The van der Waals surface area contributed by atoms with Crippen molar-refractivity contribution in [1.82, 2.24) is 0 Å². The minimum absolute atomic E-state index is 0. The van der Waals surface area contributed by atoms with Crippen LogP contribution in [0.25, 0.3) is 0 Å². The molecule has 0 spiro atoms. The van der Waals surface area contributed by atoms with E-state index in [-0.39, 0.29) is 89.8 Å². The maximum absolute atomic E-state index is 10.00. The van der Waals surface area contributed by atoms with Gasteiger partial charge in [-0.2, -0.15) is 0 Å². The molecule has 0 aromatic carbocycles. The predicted octanol–water partition coefficient (Wildman–Crippen LogP) is -0.984. The third kappa shape index (κ3) is 16.6. The van der Waals surface area contributed by atoms with Crippen molar-refractivity contribution in [2.24, 2.45) is 0 Å². The number of hydrogen-bond donors (Lipinski definition) is 1. The third-order valence-electron chi connectivity index (χ3n) is 0.610. The fraction of sp³-hybridized carbons (Fsp3) is 0.800. The van der Waals surface area contributed by atoms with Crippen LogP contribution in [0.4, 0.5) is 0 Å². The van der Waals surface area contributed by atoms with Crippen molar-refractivity contribution in [3.63, 3.8) is 0 Å². The zero-order valence-corrected chi connectivity index (χ0v) is 12.6. The van der Waals surface area contributed by atoms with Crippen LogP contribution in [0.1, 0.15) is 0 Å². The van der Waals surface area contributed by atoms with Gasteiger partial charge < -0.3 is 9.59 Å². The van der Waals surface area contributed by atoms with Gasteiger partial charge in [0.25, 0.3) is 0 Å². The van der Waals surface area contributed by atoms with Gasteiger partial charge in [-0.3, -0.25) is 0 Å². The van der Waals surface area contributed by atoms with E-state index < -0.39 is 5.97 Å². The molecule has 0 amide bonds. The van der Waals surface area contributed by atoms with Crippen molar-refractivity contribution >= 4 is 89.2 Å². The van der Waals surface area contributed by atoms with E-state index in [1.807, 2.05) is 21.1 Å². The van der Waals surface area contributed by atoms with E-state index in [1.165, 1.54) is 0 Å². The monoisotopic (exact) mass is 246 g/mol. The Morgan fingerprint density at radius 3 is 1.70 bits per heavy atom. The molecule has 0 aliphatic carbocycles. The Kier molecular flexibility index (Phi) is 14.1. The summed E-state index contributed by atoms with van der Waals surface area (Å²) in [6, 6.07) is 0. The molecule has 0 saturated heterocycles. The van der Waals surface area contributed by atoms with E-state index in [0.29, 0.717) is 4.48 Å². The SMILES string of the molecule is C[N+](C)(C)CC(=O)O.[Ca+2].[Sr+2]. The number of nitrogens with zero attached hydrogens (tertiary/aromatic N) is 1. The number of carbonyl (C=O) groups is 1. The fourth-order valence-corrected chi connectivity index (χ4v) is 0.406. The fourth-order valence-electron chi connectivity index (χ4n) is 0.406. The second-order valence-corrected chi connectivity index (χ2v) is 2.84. The van der Waals surface area contributed by atoms with Crippen molar-refractivity contribution in [2.45, 2.75) is 0 Å². The minimum Gasteiger partial charge on any atom is -0.477 e. The van der Waals surface area contributed by atoms with Crippen LogP contribution in [0.3, 0.4) is 0 Å². The second kappa shape index (κ2) is 7.80. The first kappa shape index (κ1) is 18.1. The Hall–Kier alpha value is 2.17. The van der Waals surface area contributed by atoms with Crippen LogP contribution in [0.15, 0.2) is 0 Å². The summed E-state index contributed by atoms with van der Waals surface area (Å²) in [7, 11) is 5.52. The van der Waals surface area contributed by atoms with Crippen molar-refractivity contribution in [3.05, 3.63) is 0 Å². The predicted molar refractivity (Wildman–Crippen MR) is 42.0 cm³/mol. The van der Waals surface area contributed by atoms with Crippen molar-refractivity contribution in [3.8, 4) is 0 Å². The first-order chi connectivity index (χ1) is 3.42. The number of carboxylic acids is 1. The van der Waals surface area contributed by atoms with E-state index in [9.17, 15) is 4.79 Å². The molecule has 0 aromatic heterocycles. The standard InChI is InChI=1S/C5H11NO2.Ca.Sr/c1-6(2,3)4-5(7)8;;/h4H2,1-3H3;;/q;2*+2/p+1. The van der Waals surface area contributed by atoms with Gasteiger partial charge in [-0.1, -0.05) is 0 Å². The van der Waals surface area contributed by atoms with Crippen LogP contribution in [0.5, 0.6) is 0 Å². The molecule has 0 aliphatic heterocycles. The molecule has 0 saturated carbocycles. The summed E-state index contributed by atoms with van der Waals surface area (Å²) in [6.07, 6.45) is 0. The van der Waals surface area contributed by atoms with Crippen LogP contribution in [-0.4, -0.2) is 126 Å². The number of quaternary nitrogens is 1. The number of carboxylic acid groups (broad SMARTS) is 1. The van der Waals surface area contributed by atoms with Crippen molar-refractivity contribution in [2.75, 3.05) is 27.7 Å². The van der Waals surface area contributed by atoms with Gasteiger partial charge >= 0.3 is 89.2 Å². The van der Waals surface area contributed by atoms with Crippen LogP contribution in [0.2, 0.25) is 0 Å². The molecular formula is C5H12CaNO2Sr+5. The summed E-state index contributed by atoms with van der Waals surface area (Å²) < 4.78 is 0.481. The van der Waals surface area contributed by atoms with Gasteiger partial charge in [0.05, 0.1) is 21.1 Å². The molecule has 3 nitrogen and oxygen atoms in total. The molecule has 0 heterocycles. The molecule has 0 radical (unpaired) electrons. The summed E-state index contributed by atoms with van der Waals surface area (Å²) in [5.74, 6) is -0.752. The number of hydrogen-bond acceptors (Lipinski definition) is 1. The third-order valence-corrected chi connectivity index (χ3v) is 0.610. The van der Waals surface area contributed by atoms with Gasteiger partial charge in [-0.25, -0.2) is 4.79 Å². The van der Waals surface area contributed by atoms with Gasteiger partial charge in [0.1, 0.15) is 0 Å². The van der Waals surface area contributed by atoms with Crippen LogP contribution in [-0.2, 0) is 4.79 Å². The molecule has 0 aliphatic rings. The zero-order valence-electron chi connectivity index (χ0n) is 6.92. The summed E-state index contributed by atoms with van der Waals surface area (Å²) in [6.45, 7) is 0.181. The molecule has 0 aromatic rings. The summed E-state index contributed by atoms with van der Waals surface area (Å²) in [5.41, 5.74) is 0. The normalized spacial score (nSPS) is 9.10. The number of rotatable bonds is 2. The Morgan fingerprint density at radius 1 is 1.40 bits per heavy atom. The van der Waals surface area contributed by atoms with E-state index in [4.69, 9.17) is 5.11 Å². The Balaban J connectivity index is -0.000000245. The Labute approximate surface area is 129 Å². The molecule has 0 bridgehead atoms. The van der Waals surface area contributed by atoms with Gasteiger partial charge in [0.15, 0.2) is 6.54 Å². The van der Waals surface area contributed by atoms with Gasteiger partial charge in [0, 0.05) is 0 Å². The largest absolute Gasteiger partial charge is 2.00 e. The van der Waals surface area contributed by atoms with E-state index >= 15 is 0 Å². The smallest absolute Gasteiger partial charge is 0.477 e.